The number of ether oxygens (including phenoxy) is 4. The molecule has 2 heterocycles. The van der Waals surface area contributed by atoms with E-state index >= 15 is 0 Å². The second-order valence-corrected chi connectivity index (χ2v) is 10.8. The van der Waals surface area contributed by atoms with Gasteiger partial charge in [0, 0.05) is 40.4 Å². The fraction of sp³-hybridized carbons (Fsp3) is 0.433. The van der Waals surface area contributed by atoms with Gasteiger partial charge >= 0.3 is 5.97 Å². The van der Waals surface area contributed by atoms with Crippen LogP contribution in [-0.4, -0.2) is 37.5 Å². The Bertz CT molecular complexity index is 1340. The van der Waals surface area contributed by atoms with Crippen molar-refractivity contribution in [1.29, 1.82) is 0 Å². The Morgan fingerprint density at radius 2 is 1.76 bits per heavy atom. The van der Waals surface area contributed by atoms with Gasteiger partial charge in [0.05, 0.1) is 7.11 Å². The van der Waals surface area contributed by atoms with Crippen LogP contribution in [0.3, 0.4) is 0 Å². The number of ketones is 1. The number of Topliss-reactive ketones (excluding diaryl/α,β-unsaturated/α-hetero) is 1. The summed E-state index contributed by atoms with van der Waals surface area (Å²) >= 11 is 6.79. The Morgan fingerprint density at radius 1 is 1.05 bits per heavy atom. The van der Waals surface area contributed by atoms with Crippen LogP contribution in [0.1, 0.15) is 68.4 Å². The van der Waals surface area contributed by atoms with Crippen molar-refractivity contribution in [2.24, 2.45) is 10.9 Å². The molecule has 6 rings (SSSR count). The van der Waals surface area contributed by atoms with Crippen LogP contribution in [0.2, 0.25) is 5.02 Å². The number of fused-ring (bicyclic) bond motifs is 1. The third-order valence-electron chi connectivity index (χ3n) is 8.14. The number of benzene rings is 2. The number of nitrogens with zero attached hydrogens (tertiary/aromatic N) is 1. The van der Waals surface area contributed by atoms with Gasteiger partial charge in [-0.05, 0) is 74.3 Å². The van der Waals surface area contributed by atoms with Crippen LogP contribution in [0, 0.1) is 5.92 Å². The van der Waals surface area contributed by atoms with E-state index in [4.69, 9.17) is 35.5 Å². The maximum atomic E-state index is 13.9. The molecule has 0 radical (unpaired) electrons. The smallest absolute Gasteiger partial charge is 0.315 e. The summed E-state index contributed by atoms with van der Waals surface area (Å²) in [7, 11) is 1.63. The number of aliphatic imine (C=N–C) groups is 1. The molecule has 0 amide bonds. The molecule has 1 saturated carbocycles. The maximum absolute atomic E-state index is 13.9. The summed E-state index contributed by atoms with van der Waals surface area (Å²) in [5.74, 6) is 0.121. The Hall–Kier alpha value is -3.32. The van der Waals surface area contributed by atoms with Gasteiger partial charge in [-0.1, -0.05) is 23.7 Å². The van der Waals surface area contributed by atoms with Crippen molar-refractivity contribution in [1.82, 2.24) is 0 Å². The number of esters is 1. The summed E-state index contributed by atoms with van der Waals surface area (Å²) in [6.07, 6.45) is 4.64. The van der Waals surface area contributed by atoms with Gasteiger partial charge in [-0.25, -0.2) is 0 Å². The number of rotatable bonds is 5. The number of hydrogen-bond acceptors (Lipinski definition) is 7. The van der Waals surface area contributed by atoms with E-state index in [-0.39, 0.29) is 30.6 Å². The highest BCUT2D eigenvalue weighted by atomic mass is 35.5. The quantitative estimate of drug-likeness (QED) is 0.428. The molecule has 2 aliphatic carbocycles. The van der Waals surface area contributed by atoms with Crippen LogP contribution < -0.4 is 14.2 Å². The number of carbonyl (C=O) groups is 2. The number of hydrogen-bond donors (Lipinski definition) is 0. The molecule has 0 saturated heterocycles. The van der Waals surface area contributed by atoms with Gasteiger partial charge in [-0.15, -0.1) is 0 Å². The van der Waals surface area contributed by atoms with Gasteiger partial charge < -0.3 is 18.9 Å². The maximum Gasteiger partial charge on any atom is 0.315 e. The Balaban J connectivity index is 1.41. The molecule has 0 spiro atoms. The van der Waals surface area contributed by atoms with Crippen LogP contribution in [0.4, 0.5) is 0 Å². The second-order valence-electron chi connectivity index (χ2n) is 10.4. The number of halogens is 1. The first-order chi connectivity index (χ1) is 18.4. The molecule has 2 aromatic rings. The molecular formula is C30H30ClNO6. The molecule has 2 aliphatic heterocycles. The molecule has 38 heavy (non-hydrogen) atoms. The molecule has 198 valence electrons. The molecule has 2 aromatic carbocycles. The molecule has 0 aromatic heterocycles. The van der Waals surface area contributed by atoms with E-state index < -0.39 is 11.8 Å². The van der Waals surface area contributed by atoms with Crippen LogP contribution in [0.15, 0.2) is 52.7 Å². The van der Waals surface area contributed by atoms with Crippen molar-refractivity contribution in [3.05, 3.63) is 63.8 Å². The minimum atomic E-state index is -0.742. The van der Waals surface area contributed by atoms with E-state index in [2.05, 4.69) is 0 Å². The summed E-state index contributed by atoms with van der Waals surface area (Å²) in [6.45, 7) is 1.95. The Kier molecular flexibility index (Phi) is 6.64. The second kappa shape index (κ2) is 10.1. The molecule has 0 N–H and O–H groups in total. The lowest BCUT2D eigenvalue weighted by molar-refractivity contribution is -0.151. The summed E-state index contributed by atoms with van der Waals surface area (Å²) in [5.41, 5.74) is 3.60. The number of carbonyl (C=O) groups excluding carboxylic acids is 2. The lowest BCUT2D eigenvalue weighted by Crippen LogP contribution is -2.39. The average molecular weight is 536 g/mol. The van der Waals surface area contributed by atoms with E-state index in [9.17, 15) is 9.59 Å². The van der Waals surface area contributed by atoms with E-state index in [1.165, 1.54) is 0 Å². The van der Waals surface area contributed by atoms with Crippen molar-refractivity contribution in [3.8, 4) is 17.2 Å². The first-order valence-corrected chi connectivity index (χ1v) is 13.6. The van der Waals surface area contributed by atoms with E-state index in [1.807, 2.05) is 31.2 Å². The van der Waals surface area contributed by atoms with Gasteiger partial charge in [-0.2, -0.15) is 0 Å². The average Bonchev–Trinajstić information content (AvgIpc) is 3.59. The molecule has 1 fully saturated rings. The van der Waals surface area contributed by atoms with Crippen molar-refractivity contribution in [2.75, 3.05) is 13.9 Å². The van der Waals surface area contributed by atoms with Crippen LogP contribution in [0.25, 0.3) is 0 Å². The Morgan fingerprint density at radius 3 is 2.47 bits per heavy atom. The zero-order valence-electron chi connectivity index (χ0n) is 21.5. The third-order valence-corrected chi connectivity index (χ3v) is 8.47. The standard InChI is InChI=1S/C30H30ClNO6/c1-16-27(30(34)38-20-5-3-4-6-20)28(21-13-25-26(14-22(21)31)37-15-36-25)29-23(32-16)11-18(12-24(29)33)17-7-9-19(35-2)10-8-17/h7-10,13-14,18,20,27-28H,3-6,11-12,15H2,1-2H3/t18-,27?,28-/m0/s1. The number of methoxy groups -OCH3 is 1. The summed E-state index contributed by atoms with van der Waals surface area (Å²) in [6, 6.07) is 11.3. The van der Waals surface area contributed by atoms with Crippen molar-refractivity contribution in [3.63, 3.8) is 0 Å². The molecule has 3 atom stereocenters. The van der Waals surface area contributed by atoms with Gasteiger partial charge in [-0.3, -0.25) is 14.6 Å². The van der Waals surface area contributed by atoms with Crippen molar-refractivity contribution < 1.29 is 28.5 Å². The summed E-state index contributed by atoms with van der Waals surface area (Å²) < 4.78 is 22.4. The molecule has 8 heteroatoms. The SMILES string of the molecule is COc1ccc([C@@H]2CC(=O)C3=C(C2)N=C(C)C(C(=O)OC2CCCC2)[C@@H]3c2cc3c(cc2Cl)OCO3)cc1. The Labute approximate surface area is 226 Å². The first-order valence-electron chi connectivity index (χ1n) is 13.2. The zero-order chi connectivity index (χ0) is 26.4. The molecular weight excluding hydrogens is 506 g/mol. The summed E-state index contributed by atoms with van der Waals surface area (Å²) in [4.78, 5) is 32.4. The van der Waals surface area contributed by atoms with E-state index in [0.29, 0.717) is 51.9 Å². The van der Waals surface area contributed by atoms with E-state index in [1.54, 1.807) is 19.2 Å². The van der Waals surface area contributed by atoms with Crippen molar-refractivity contribution >= 4 is 29.1 Å². The topological polar surface area (TPSA) is 83.4 Å². The lowest BCUT2D eigenvalue weighted by atomic mass is 9.69. The van der Waals surface area contributed by atoms with Crippen LogP contribution >= 0.6 is 11.6 Å². The predicted octanol–water partition coefficient (Wildman–Crippen LogP) is 6.14. The minimum absolute atomic E-state index is 0.0152. The predicted molar refractivity (Wildman–Crippen MR) is 142 cm³/mol. The summed E-state index contributed by atoms with van der Waals surface area (Å²) in [5, 5.41) is 0.421. The van der Waals surface area contributed by atoms with Crippen LogP contribution in [-0.2, 0) is 14.3 Å². The van der Waals surface area contributed by atoms with Gasteiger partial charge in [0.1, 0.15) is 17.8 Å². The molecule has 4 aliphatic rings. The molecule has 7 nitrogen and oxygen atoms in total. The van der Waals surface area contributed by atoms with Crippen LogP contribution in [0.5, 0.6) is 17.2 Å². The van der Waals surface area contributed by atoms with Crippen molar-refractivity contribution in [2.45, 2.75) is 63.4 Å². The highest BCUT2D eigenvalue weighted by Gasteiger charge is 2.46. The largest absolute Gasteiger partial charge is 0.497 e. The first kappa shape index (κ1) is 25.0. The third kappa shape index (κ3) is 4.47. The highest BCUT2D eigenvalue weighted by Crippen LogP contribution is 2.50. The molecule has 0 bridgehead atoms. The fourth-order valence-electron chi connectivity index (χ4n) is 6.23. The van der Waals surface area contributed by atoms with Gasteiger partial charge in [0.15, 0.2) is 17.3 Å². The zero-order valence-corrected chi connectivity index (χ0v) is 22.3. The number of allylic oxidation sites excluding steroid dienone is 2. The minimum Gasteiger partial charge on any atom is -0.497 e. The molecule has 1 unspecified atom stereocenters. The highest BCUT2D eigenvalue weighted by molar-refractivity contribution is 6.32. The van der Waals surface area contributed by atoms with Gasteiger partial charge in [0.2, 0.25) is 6.79 Å². The van der Waals surface area contributed by atoms with Gasteiger partial charge in [0.25, 0.3) is 0 Å². The monoisotopic (exact) mass is 535 g/mol. The fourth-order valence-corrected chi connectivity index (χ4v) is 6.50. The lowest BCUT2D eigenvalue weighted by Gasteiger charge is -2.37. The van der Waals surface area contributed by atoms with E-state index in [0.717, 1.165) is 37.0 Å². The normalized spacial score (nSPS) is 24.8.